The molecule has 5 rings (SSSR count). The second-order valence-electron chi connectivity index (χ2n) is 7.64. The number of halogens is 1. The van der Waals surface area contributed by atoms with Crippen LogP contribution in [0.5, 0.6) is 0 Å². The van der Waals surface area contributed by atoms with E-state index in [-0.39, 0.29) is 62.4 Å². The standard InChI is InChI=1S/C23H18FN9O2/c1-27-22-20-11(17(8-26)31-32-23(20)35)5-15(30-22)13-9-28-33(2)21(13)19-12(7-25)10-3-4-18(34)29-16(10)6-14(19)24/h3-6,9H,8,26H2,1-2H3,(H,27,30)(H,29,34)(H,32,35)/i1D3. The quantitative estimate of drug-likeness (QED) is 0.305. The van der Waals surface area contributed by atoms with Crippen molar-refractivity contribution in [2.75, 3.05) is 12.3 Å². The van der Waals surface area contributed by atoms with Crippen molar-refractivity contribution in [3.05, 3.63) is 68.2 Å². The predicted octanol–water partition coefficient (Wildman–Crippen LogP) is 1.74. The Morgan fingerprint density at radius 2 is 2.14 bits per heavy atom. The number of hydrogen-bond acceptors (Lipinski definition) is 8. The van der Waals surface area contributed by atoms with Gasteiger partial charge in [-0.25, -0.2) is 14.5 Å². The molecule has 5 aromatic rings. The summed E-state index contributed by atoms with van der Waals surface area (Å²) in [5.74, 6) is -1.06. The fourth-order valence-electron chi connectivity index (χ4n) is 4.17. The van der Waals surface area contributed by atoms with Crippen LogP contribution in [0.3, 0.4) is 0 Å². The number of fused-ring (bicyclic) bond motifs is 2. The highest BCUT2D eigenvalue weighted by Crippen LogP contribution is 2.38. The number of nitrogens with one attached hydrogen (secondary N) is 3. The number of aryl methyl sites for hydroxylation is 1. The van der Waals surface area contributed by atoms with Gasteiger partial charge in [-0.2, -0.15) is 15.5 Å². The van der Waals surface area contributed by atoms with Crippen molar-refractivity contribution >= 4 is 27.5 Å². The lowest BCUT2D eigenvalue weighted by Gasteiger charge is -2.14. The third kappa shape index (κ3) is 3.33. The summed E-state index contributed by atoms with van der Waals surface area (Å²) in [5, 5.41) is 23.2. The van der Waals surface area contributed by atoms with Crippen LogP contribution >= 0.6 is 0 Å². The van der Waals surface area contributed by atoms with Gasteiger partial charge in [-0.15, -0.1) is 0 Å². The van der Waals surface area contributed by atoms with Gasteiger partial charge in [0.15, 0.2) is 0 Å². The topological polar surface area (TPSA) is 171 Å². The summed E-state index contributed by atoms with van der Waals surface area (Å²) in [5.41, 5.74) is 5.46. The second kappa shape index (κ2) is 8.15. The summed E-state index contributed by atoms with van der Waals surface area (Å²) in [6, 6.07) is 7.24. The average molecular weight is 474 g/mol. The van der Waals surface area contributed by atoms with Gasteiger partial charge in [0.05, 0.1) is 45.3 Å². The van der Waals surface area contributed by atoms with Gasteiger partial charge in [-0.1, -0.05) is 0 Å². The van der Waals surface area contributed by atoms with Gasteiger partial charge in [-0.3, -0.25) is 14.3 Å². The van der Waals surface area contributed by atoms with Crippen LogP contribution in [0.1, 0.15) is 15.4 Å². The first-order chi connectivity index (χ1) is 18.0. The summed E-state index contributed by atoms with van der Waals surface area (Å²) in [7, 11) is 1.54. The minimum atomic E-state index is -2.70. The van der Waals surface area contributed by atoms with Crippen molar-refractivity contribution in [3.63, 3.8) is 0 Å². The largest absolute Gasteiger partial charge is 0.372 e. The van der Waals surface area contributed by atoms with Crippen LogP contribution in [0.4, 0.5) is 10.2 Å². The molecular weight excluding hydrogens is 453 g/mol. The normalized spacial score (nSPS) is 12.8. The Hall–Kier alpha value is -4.89. The van der Waals surface area contributed by atoms with Crippen molar-refractivity contribution in [1.29, 1.82) is 5.26 Å². The van der Waals surface area contributed by atoms with Crippen LogP contribution in [-0.4, -0.2) is 36.9 Å². The summed E-state index contributed by atoms with van der Waals surface area (Å²) in [6.45, 7) is -2.79. The number of aromatic nitrogens is 6. The molecule has 12 heteroatoms. The number of nitrogens with zero attached hydrogens (tertiary/aromatic N) is 5. The van der Waals surface area contributed by atoms with Crippen LogP contribution in [0.25, 0.3) is 44.2 Å². The highest BCUT2D eigenvalue weighted by atomic mass is 19.1. The summed E-state index contributed by atoms with van der Waals surface area (Å²) >= 11 is 0. The number of hydrogen-bond donors (Lipinski definition) is 4. The Morgan fingerprint density at radius 3 is 2.89 bits per heavy atom. The Bertz CT molecular complexity index is 1920. The Labute approximate surface area is 200 Å². The molecule has 0 aliphatic rings. The van der Waals surface area contributed by atoms with E-state index in [4.69, 9.17) is 9.85 Å². The number of nitriles is 1. The van der Waals surface area contributed by atoms with E-state index in [2.05, 4.69) is 30.6 Å². The molecular formula is C23H18FN9O2. The van der Waals surface area contributed by atoms with Gasteiger partial charge in [0.25, 0.3) is 5.56 Å². The first-order valence-electron chi connectivity index (χ1n) is 11.7. The molecule has 0 unspecified atom stereocenters. The van der Waals surface area contributed by atoms with Gasteiger partial charge in [0.2, 0.25) is 5.56 Å². The molecule has 0 aliphatic heterocycles. The Balaban J connectivity index is 1.86. The number of anilines is 1. The Kier molecular flexibility index (Phi) is 4.32. The Morgan fingerprint density at radius 1 is 1.31 bits per heavy atom. The number of benzene rings is 1. The maximum absolute atomic E-state index is 15.6. The van der Waals surface area contributed by atoms with Gasteiger partial charge in [0, 0.05) is 47.1 Å². The molecule has 0 fully saturated rings. The van der Waals surface area contributed by atoms with Crippen molar-refractivity contribution < 1.29 is 8.50 Å². The zero-order valence-electron chi connectivity index (χ0n) is 21.1. The number of pyridine rings is 2. The van der Waals surface area contributed by atoms with Gasteiger partial charge in [-0.05, 0) is 18.2 Å². The summed E-state index contributed by atoms with van der Waals surface area (Å²) in [4.78, 5) is 31.3. The molecule has 0 saturated heterocycles. The molecule has 35 heavy (non-hydrogen) atoms. The maximum Gasteiger partial charge on any atom is 0.275 e. The van der Waals surface area contributed by atoms with E-state index in [1.54, 1.807) is 0 Å². The van der Waals surface area contributed by atoms with E-state index in [1.165, 1.54) is 36.1 Å². The van der Waals surface area contributed by atoms with E-state index in [0.717, 1.165) is 6.07 Å². The predicted molar refractivity (Wildman–Crippen MR) is 128 cm³/mol. The summed E-state index contributed by atoms with van der Waals surface area (Å²) in [6.07, 6.45) is 1.38. The molecule has 5 N–H and O–H groups in total. The van der Waals surface area contributed by atoms with Crippen LogP contribution in [0.15, 0.2) is 40.1 Å². The number of nitrogens with two attached hydrogens (primary N) is 1. The van der Waals surface area contributed by atoms with Gasteiger partial charge in [0.1, 0.15) is 17.7 Å². The molecule has 4 heterocycles. The van der Waals surface area contributed by atoms with Gasteiger partial charge >= 0.3 is 0 Å². The SMILES string of the molecule is [2H]C([2H])([2H])Nc1nc(-c2cnn(C)c2-c2c(F)cc3[nH]c(=O)ccc3c2C#N)cc2c(CN)n[nH]c(=O)c12. The molecule has 0 radical (unpaired) electrons. The highest BCUT2D eigenvalue weighted by molar-refractivity contribution is 5.98. The third-order valence-electron chi connectivity index (χ3n) is 5.70. The molecule has 174 valence electrons. The van der Waals surface area contributed by atoms with Crippen LogP contribution in [0.2, 0.25) is 0 Å². The van der Waals surface area contributed by atoms with Gasteiger partial charge < -0.3 is 16.0 Å². The summed E-state index contributed by atoms with van der Waals surface area (Å²) < 4.78 is 39.8. The molecule has 0 amide bonds. The zero-order valence-corrected chi connectivity index (χ0v) is 18.1. The first-order valence-corrected chi connectivity index (χ1v) is 10.2. The van der Waals surface area contributed by atoms with E-state index in [0.29, 0.717) is 5.39 Å². The first kappa shape index (κ1) is 18.5. The molecule has 0 bridgehead atoms. The molecule has 0 aliphatic carbocycles. The van der Waals surface area contributed by atoms with Crippen molar-refractivity contribution in [2.24, 2.45) is 12.8 Å². The molecule has 0 saturated carbocycles. The number of aromatic amines is 2. The minimum Gasteiger partial charge on any atom is -0.372 e. The lowest BCUT2D eigenvalue weighted by Crippen LogP contribution is -2.15. The average Bonchev–Trinajstić information content (AvgIpc) is 3.22. The fraction of sp³-hybridized carbons (Fsp3) is 0.130. The zero-order chi connectivity index (χ0) is 27.4. The molecule has 11 nitrogen and oxygen atoms in total. The van der Waals surface area contributed by atoms with Crippen molar-refractivity contribution in [3.8, 4) is 28.6 Å². The highest BCUT2D eigenvalue weighted by Gasteiger charge is 2.24. The van der Waals surface area contributed by atoms with Crippen LogP contribution in [-0.2, 0) is 13.6 Å². The van der Waals surface area contributed by atoms with E-state index >= 15 is 4.39 Å². The maximum atomic E-state index is 15.6. The van der Waals surface area contributed by atoms with Crippen molar-refractivity contribution in [1.82, 2.24) is 29.9 Å². The van der Waals surface area contributed by atoms with Crippen LogP contribution in [0, 0.1) is 17.1 Å². The third-order valence-corrected chi connectivity index (χ3v) is 5.70. The fourth-order valence-corrected chi connectivity index (χ4v) is 4.17. The smallest absolute Gasteiger partial charge is 0.275 e. The number of rotatable bonds is 4. The van der Waals surface area contributed by atoms with E-state index in [1.807, 2.05) is 6.07 Å². The lowest BCUT2D eigenvalue weighted by molar-refractivity contribution is 0.629. The molecule has 4 aromatic heterocycles. The minimum absolute atomic E-state index is 0.0523. The lowest BCUT2D eigenvalue weighted by atomic mass is 9.96. The molecule has 0 atom stereocenters. The van der Waals surface area contributed by atoms with E-state index in [9.17, 15) is 14.9 Å². The van der Waals surface area contributed by atoms with Crippen LogP contribution < -0.4 is 22.2 Å². The van der Waals surface area contributed by atoms with Crippen molar-refractivity contribution in [2.45, 2.75) is 6.54 Å². The molecule has 0 spiro atoms. The molecule has 1 aromatic carbocycles. The monoisotopic (exact) mass is 474 g/mol. The number of H-pyrrole nitrogens is 2. The second-order valence-corrected chi connectivity index (χ2v) is 7.64. The van der Waals surface area contributed by atoms with E-state index < -0.39 is 23.9 Å².